The van der Waals surface area contributed by atoms with Crippen molar-refractivity contribution in [2.24, 2.45) is 5.73 Å². The Labute approximate surface area is 155 Å². The van der Waals surface area contributed by atoms with Gasteiger partial charge in [-0.3, -0.25) is 9.59 Å². The van der Waals surface area contributed by atoms with E-state index in [0.717, 1.165) is 17.9 Å². The predicted molar refractivity (Wildman–Crippen MR) is 98.9 cm³/mol. The van der Waals surface area contributed by atoms with E-state index in [1.54, 1.807) is 0 Å². The summed E-state index contributed by atoms with van der Waals surface area (Å²) in [5, 5.41) is 5.13. The Morgan fingerprint density at radius 3 is 2.50 bits per heavy atom. The molecule has 0 aliphatic rings. The third-order valence-electron chi connectivity index (χ3n) is 2.83. The van der Waals surface area contributed by atoms with Crippen molar-refractivity contribution in [1.82, 2.24) is 15.5 Å². The number of rotatable bonds is 9. The zero-order valence-electron chi connectivity index (χ0n) is 13.9. The molecule has 7 nitrogen and oxygen atoms in total. The molecule has 2 amide bonds. The third-order valence-corrected chi connectivity index (χ3v) is 2.83. The summed E-state index contributed by atoms with van der Waals surface area (Å²) in [6.45, 7) is 1.62. The number of amides is 2. The molecule has 4 N–H and O–H groups in total. The highest BCUT2D eigenvalue weighted by Gasteiger charge is 2.04. The Morgan fingerprint density at radius 2 is 1.88 bits per heavy atom. The molecule has 9 heteroatoms. The number of halogens is 2. The summed E-state index contributed by atoms with van der Waals surface area (Å²) in [6, 6.07) is 7.54. The first-order valence-electron chi connectivity index (χ1n) is 7.11. The normalized spacial score (nSPS) is 9.50. The summed E-state index contributed by atoms with van der Waals surface area (Å²) in [6.07, 6.45) is 0. The van der Waals surface area contributed by atoms with Crippen molar-refractivity contribution >= 4 is 36.6 Å². The number of likely N-dealkylation sites (N-methyl/N-ethyl adjacent to an activating group) is 1. The van der Waals surface area contributed by atoms with Crippen LogP contribution in [0.5, 0.6) is 5.75 Å². The Kier molecular flexibility index (Phi) is 14.3. The van der Waals surface area contributed by atoms with Gasteiger partial charge in [-0.15, -0.1) is 24.8 Å². The number of nitrogens with zero attached hydrogens (tertiary/aromatic N) is 1. The van der Waals surface area contributed by atoms with Crippen LogP contribution in [0.2, 0.25) is 0 Å². The predicted octanol–water partition coefficient (Wildman–Crippen LogP) is 0.162. The van der Waals surface area contributed by atoms with Crippen molar-refractivity contribution in [1.29, 1.82) is 0 Å². The van der Waals surface area contributed by atoms with Gasteiger partial charge in [0.1, 0.15) is 12.4 Å². The minimum Gasteiger partial charge on any atom is -0.492 e. The fraction of sp³-hybridized carbons (Fsp3) is 0.467. The van der Waals surface area contributed by atoms with E-state index in [0.29, 0.717) is 13.2 Å². The van der Waals surface area contributed by atoms with E-state index in [-0.39, 0.29) is 49.7 Å². The zero-order chi connectivity index (χ0) is 16.4. The van der Waals surface area contributed by atoms with Crippen LogP contribution in [0.3, 0.4) is 0 Å². The summed E-state index contributed by atoms with van der Waals surface area (Å²) in [7, 11) is 3.97. The van der Waals surface area contributed by atoms with Gasteiger partial charge in [0.05, 0.1) is 13.1 Å². The molecule has 0 spiro atoms. The molecule has 0 atom stereocenters. The lowest BCUT2D eigenvalue weighted by Crippen LogP contribution is -2.39. The molecule has 0 saturated carbocycles. The monoisotopic (exact) mass is 380 g/mol. The second kappa shape index (κ2) is 13.9. The smallest absolute Gasteiger partial charge is 0.239 e. The highest BCUT2D eigenvalue weighted by atomic mass is 35.5. The quantitative estimate of drug-likeness (QED) is 0.566. The molecule has 0 aliphatic carbocycles. The first-order valence-corrected chi connectivity index (χ1v) is 7.11. The molecule has 1 aromatic carbocycles. The summed E-state index contributed by atoms with van der Waals surface area (Å²) >= 11 is 0. The highest BCUT2D eigenvalue weighted by molar-refractivity contribution is 5.86. The van der Waals surface area contributed by atoms with Crippen LogP contribution in [0.4, 0.5) is 0 Å². The average Bonchev–Trinajstić information content (AvgIpc) is 2.50. The van der Waals surface area contributed by atoms with Crippen LogP contribution in [0, 0.1) is 0 Å². The molecule has 0 radical (unpaired) electrons. The first-order chi connectivity index (χ1) is 10.5. The van der Waals surface area contributed by atoms with Crippen LogP contribution in [-0.4, -0.2) is 57.1 Å². The lowest BCUT2D eigenvalue weighted by molar-refractivity contribution is -0.125. The van der Waals surface area contributed by atoms with E-state index in [1.807, 2.05) is 43.3 Å². The summed E-state index contributed by atoms with van der Waals surface area (Å²) < 4.78 is 5.63. The maximum Gasteiger partial charge on any atom is 0.239 e. The molecule has 1 aromatic rings. The topological polar surface area (TPSA) is 96.7 Å². The Hall–Kier alpha value is -1.54. The van der Waals surface area contributed by atoms with E-state index < -0.39 is 0 Å². The maximum atomic E-state index is 11.6. The van der Waals surface area contributed by atoms with Crippen LogP contribution in [0.25, 0.3) is 0 Å². The van der Waals surface area contributed by atoms with Crippen LogP contribution < -0.4 is 21.1 Å². The fourth-order valence-electron chi connectivity index (χ4n) is 1.61. The molecule has 0 aromatic heterocycles. The Morgan fingerprint density at radius 1 is 1.17 bits per heavy atom. The van der Waals surface area contributed by atoms with Crippen LogP contribution in [0.15, 0.2) is 24.3 Å². The van der Waals surface area contributed by atoms with E-state index in [4.69, 9.17) is 10.5 Å². The van der Waals surface area contributed by atoms with Crippen LogP contribution in [0.1, 0.15) is 5.56 Å². The van der Waals surface area contributed by atoms with Gasteiger partial charge in [0.25, 0.3) is 0 Å². The zero-order valence-corrected chi connectivity index (χ0v) is 15.5. The van der Waals surface area contributed by atoms with Gasteiger partial charge >= 0.3 is 0 Å². The van der Waals surface area contributed by atoms with Gasteiger partial charge < -0.3 is 26.0 Å². The highest BCUT2D eigenvalue weighted by Crippen LogP contribution is 2.13. The summed E-state index contributed by atoms with van der Waals surface area (Å²) in [5.74, 6) is 0.150. The standard InChI is InChI=1S/C15H24N4O3.2ClH/c1-19(2)6-7-22-13-5-3-4-12(8-13)10-17-15(21)11-18-14(20)9-16;;/h3-5,8H,6-7,9-11,16H2,1-2H3,(H,17,21)(H,18,20);2*1H. The molecular formula is C15H26Cl2N4O3. The van der Waals surface area contributed by atoms with E-state index in [2.05, 4.69) is 10.6 Å². The number of carbonyl (C=O) groups is 2. The van der Waals surface area contributed by atoms with Gasteiger partial charge in [-0.1, -0.05) is 12.1 Å². The number of benzene rings is 1. The van der Waals surface area contributed by atoms with Crippen LogP contribution in [-0.2, 0) is 16.1 Å². The SMILES string of the molecule is CN(C)CCOc1cccc(CNC(=O)CNC(=O)CN)c1.Cl.Cl. The van der Waals surface area contributed by atoms with E-state index in [9.17, 15) is 9.59 Å². The van der Waals surface area contributed by atoms with Crippen molar-refractivity contribution in [3.8, 4) is 5.75 Å². The Bertz CT molecular complexity index is 501. The number of hydrogen-bond donors (Lipinski definition) is 3. The molecule has 0 bridgehead atoms. The Balaban J connectivity index is 0. The van der Waals surface area contributed by atoms with Crippen molar-refractivity contribution in [2.75, 3.05) is 40.3 Å². The first kappa shape index (κ1) is 24.7. The summed E-state index contributed by atoms with van der Waals surface area (Å²) in [4.78, 5) is 24.6. The van der Waals surface area contributed by atoms with Gasteiger partial charge in [0.2, 0.25) is 11.8 Å². The molecule has 1 rings (SSSR count). The van der Waals surface area contributed by atoms with Gasteiger partial charge in [0, 0.05) is 13.1 Å². The minimum absolute atomic E-state index is 0. The van der Waals surface area contributed by atoms with E-state index in [1.165, 1.54) is 0 Å². The molecule has 0 heterocycles. The number of nitrogens with one attached hydrogen (secondary N) is 2. The minimum atomic E-state index is -0.355. The number of carbonyl (C=O) groups excluding carboxylic acids is 2. The van der Waals surface area contributed by atoms with Crippen LogP contribution >= 0.6 is 24.8 Å². The molecular weight excluding hydrogens is 355 g/mol. The summed E-state index contributed by atoms with van der Waals surface area (Å²) in [5.41, 5.74) is 6.07. The molecule has 0 aliphatic heterocycles. The van der Waals surface area contributed by atoms with Crippen molar-refractivity contribution in [3.63, 3.8) is 0 Å². The van der Waals surface area contributed by atoms with E-state index >= 15 is 0 Å². The lowest BCUT2D eigenvalue weighted by atomic mass is 10.2. The lowest BCUT2D eigenvalue weighted by Gasteiger charge is -2.12. The van der Waals surface area contributed by atoms with Gasteiger partial charge in [-0.2, -0.15) is 0 Å². The van der Waals surface area contributed by atoms with Gasteiger partial charge in [0.15, 0.2) is 0 Å². The fourth-order valence-corrected chi connectivity index (χ4v) is 1.61. The average molecular weight is 381 g/mol. The molecule has 138 valence electrons. The molecule has 0 fully saturated rings. The third kappa shape index (κ3) is 11.1. The maximum absolute atomic E-state index is 11.6. The molecule has 0 saturated heterocycles. The van der Waals surface area contributed by atoms with Crippen molar-refractivity contribution in [3.05, 3.63) is 29.8 Å². The number of nitrogens with two attached hydrogens (primary N) is 1. The van der Waals surface area contributed by atoms with Crippen molar-refractivity contribution < 1.29 is 14.3 Å². The van der Waals surface area contributed by atoms with Crippen molar-refractivity contribution in [2.45, 2.75) is 6.54 Å². The molecule has 24 heavy (non-hydrogen) atoms. The second-order valence-electron chi connectivity index (χ2n) is 5.06. The van der Waals surface area contributed by atoms with Gasteiger partial charge in [-0.05, 0) is 31.8 Å². The van der Waals surface area contributed by atoms with Gasteiger partial charge in [-0.25, -0.2) is 0 Å². The number of ether oxygens (including phenoxy) is 1. The second-order valence-corrected chi connectivity index (χ2v) is 5.06. The number of hydrogen-bond acceptors (Lipinski definition) is 5. The largest absolute Gasteiger partial charge is 0.492 e. The molecule has 0 unspecified atom stereocenters.